The highest BCUT2D eigenvalue weighted by Crippen LogP contribution is 2.46. The number of benzene rings is 2. The van der Waals surface area contributed by atoms with Gasteiger partial charge in [-0.25, -0.2) is 0 Å². The SMILES string of the molecule is C/C(=N/N=C(/C)c1c(C)c([N+](=O)[O-])c(C(C)(C)C)c([N+](=O)[O-])c1C)c1c(C)c([N+](=O)[O-])c(C(C)(C)C)c([N+](=O)[O-])c1C. The Hall–Kier alpha value is -4.62. The van der Waals surface area contributed by atoms with Crippen molar-refractivity contribution in [3.05, 3.63) is 85.0 Å². The maximum atomic E-state index is 12.2. The molecular formula is C28H36N6O8. The number of nitro groups is 4. The molecule has 0 saturated heterocycles. The molecule has 0 N–H and O–H groups in total. The first kappa shape index (κ1) is 33.6. The Labute approximate surface area is 243 Å². The van der Waals surface area contributed by atoms with Gasteiger partial charge in [-0.15, -0.1) is 0 Å². The van der Waals surface area contributed by atoms with Crippen molar-refractivity contribution < 1.29 is 19.7 Å². The van der Waals surface area contributed by atoms with Crippen molar-refractivity contribution in [1.29, 1.82) is 0 Å². The van der Waals surface area contributed by atoms with E-state index in [4.69, 9.17) is 0 Å². The Morgan fingerprint density at radius 2 is 0.690 bits per heavy atom. The largest absolute Gasteiger partial charge is 0.283 e. The molecule has 42 heavy (non-hydrogen) atoms. The molecule has 0 aromatic heterocycles. The normalized spacial score (nSPS) is 12.9. The van der Waals surface area contributed by atoms with Crippen molar-refractivity contribution in [3.63, 3.8) is 0 Å². The predicted octanol–water partition coefficient (Wildman–Crippen LogP) is 7.38. The number of nitro benzene ring substituents is 4. The van der Waals surface area contributed by atoms with E-state index in [1.807, 2.05) is 0 Å². The van der Waals surface area contributed by atoms with Gasteiger partial charge in [0.2, 0.25) is 0 Å². The summed E-state index contributed by atoms with van der Waals surface area (Å²) < 4.78 is 0. The van der Waals surface area contributed by atoms with E-state index in [1.54, 1.807) is 41.5 Å². The summed E-state index contributed by atoms with van der Waals surface area (Å²) in [6.07, 6.45) is 0. The van der Waals surface area contributed by atoms with Gasteiger partial charge in [0.25, 0.3) is 22.7 Å². The second-order valence-corrected chi connectivity index (χ2v) is 12.3. The van der Waals surface area contributed by atoms with Crippen molar-refractivity contribution >= 4 is 34.2 Å². The van der Waals surface area contributed by atoms with E-state index in [9.17, 15) is 40.5 Å². The van der Waals surface area contributed by atoms with E-state index >= 15 is 0 Å². The zero-order valence-corrected chi connectivity index (χ0v) is 25.9. The zero-order valence-electron chi connectivity index (χ0n) is 25.9. The van der Waals surface area contributed by atoms with Crippen LogP contribution in [-0.4, -0.2) is 31.1 Å². The molecule has 0 atom stereocenters. The molecule has 0 aliphatic rings. The Morgan fingerprint density at radius 1 is 0.500 bits per heavy atom. The molecule has 0 bridgehead atoms. The number of rotatable bonds is 7. The van der Waals surface area contributed by atoms with E-state index in [-0.39, 0.29) is 78.7 Å². The van der Waals surface area contributed by atoms with E-state index in [0.717, 1.165) is 0 Å². The van der Waals surface area contributed by atoms with Crippen LogP contribution in [0.4, 0.5) is 22.7 Å². The van der Waals surface area contributed by atoms with Crippen LogP contribution >= 0.6 is 0 Å². The Morgan fingerprint density at radius 3 is 0.833 bits per heavy atom. The molecule has 0 saturated carbocycles. The van der Waals surface area contributed by atoms with Crippen LogP contribution in [0.3, 0.4) is 0 Å². The number of hydrogen-bond donors (Lipinski definition) is 0. The van der Waals surface area contributed by atoms with Crippen LogP contribution in [0.15, 0.2) is 10.2 Å². The summed E-state index contributed by atoms with van der Waals surface area (Å²) in [6.45, 7) is 18.9. The van der Waals surface area contributed by atoms with Crippen LogP contribution in [0.1, 0.15) is 99.9 Å². The molecule has 14 heteroatoms. The molecule has 2 aromatic rings. The molecule has 0 aliphatic carbocycles. The number of hydrogen-bond acceptors (Lipinski definition) is 10. The molecule has 0 fully saturated rings. The molecule has 0 heterocycles. The van der Waals surface area contributed by atoms with Crippen molar-refractivity contribution in [2.75, 3.05) is 0 Å². The smallest absolute Gasteiger partial charge is 0.258 e. The summed E-state index contributed by atoms with van der Waals surface area (Å²) >= 11 is 0. The average Bonchev–Trinajstić information content (AvgIpc) is 2.79. The van der Waals surface area contributed by atoms with Crippen molar-refractivity contribution in [2.24, 2.45) is 10.2 Å². The molecule has 0 amide bonds. The number of nitrogens with zero attached hydrogens (tertiary/aromatic N) is 6. The van der Waals surface area contributed by atoms with Crippen LogP contribution in [0.5, 0.6) is 0 Å². The van der Waals surface area contributed by atoms with Gasteiger partial charge in [0.1, 0.15) is 11.1 Å². The third-order valence-electron chi connectivity index (χ3n) is 7.17. The fraction of sp³-hybridized carbons (Fsp3) is 0.500. The van der Waals surface area contributed by atoms with Crippen LogP contribution in [0.25, 0.3) is 0 Å². The van der Waals surface area contributed by atoms with Crippen LogP contribution in [0, 0.1) is 68.2 Å². The minimum atomic E-state index is -0.920. The van der Waals surface area contributed by atoms with Gasteiger partial charge in [-0.2, -0.15) is 10.2 Å². The Balaban J connectivity index is 3.01. The average molecular weight is 585 g/mol. The third-order valence-corrected chi connectivity index (χ3v) is 7.17. The lowest BCUT2D eigenvalue weighted by atomic mass is 9.79. The van der Waals surface area contributed by atoms with E-state index < -0.39 is 30.5 Å². The van der Waals surface area contributed by atoms with E-state index in [2.05, 4.69) is 10.2 Å². The molecule has 226 valence electrons. The third kappa shape index (κ3) is 5.87. The van der Waals surface area contributed by atoms with Gasteiger partial charge in [0, 0.05) is 44.2 Å². The molecule has 2 rings (SSSR count). The fourth-order valence-corrected chi connectivity index (χ4v) is 5.68. The van der Waals surface area contributed by atoms with Gasteiger partial charge >= 0.3 is 0 Å². The van der Waals surface area contributed by atoms with Gasteiger partial charge in [0.05, 0.1) is 31.1 Å². The first-order chi connectivity index (χ1) is 19.0. The topological polar surface area (TPSA) is 197 Å². The predicted molar refractivity (Wildman–Crippen MR) is 160 cm³/mol. The highest BCUT2D eigenvalue weighted by molar-refractivity contribution is 6.06. The lowest BCUT2D eigenvalue weighted by Crippen LogP contribution is -2.21. The first-order valence-corrected chi connectivity index (χ1v) is 13.0. The molecule has 0 radical (unpaired) electrons. The fourth-order valence-electron chi connectivity index (χ4n) is 5.68. The van der Waals surface area contributed by atoms with Gasteiger partial charge in [-0.3, -0.25) is 40.5 Å². The maximum absolute atomic E-state index is 12.2. The minimum Gasteiger partial charge on any atom is -0.258 e. The van der Waals surface area contributed by atoms with E-state index in [1.165, 1.54) is 41.5 Å². The van der Waals surface area contributed by atoms with Gasteiger partial charge < -0.3 is 0 Å². The van der Waals surface area contributed by atoms with Crippen LogP contribution in [0.2, 0.25) is 0 Å². The molecule has 14 nitrogen and oxygen atoms in total. The van der Waals surface area contributed by atoms with Crippen molar-refractivity contribution in [1.82, 2.24) is 0 Å². The van der Waals surface area contributed by atoms with Gasteiger partial charge in [-0.1, -0.05) is 41.5 Å². The summed E-state index contributed by atoms with van der Waals surface area (Å²) in [5.74, 6) is 0. The molecule has 2 aromatic carbocycles. The van der Waals surface area contributed by atoms with Gasteiger partial charge in [-0.05, 0) is 41.5 Å². The molecule has 0 unspecified atom stereocenters. The standard InChI is InChI=1S/C28H36N6O8/c1-13-19(14(2)24(32(37)38)21(27(7,8)9)23(13)31(35)36)17(5)29-30-18(6)20-15(3)25(33(39)40)22(28(10,11)12)26(16(20)4)34(41)42/h1-12H3/b29-17-,30-18-. The highest BCUT2D eigenvalue weighted by Gasteiger charge is 2.41. The summed E-state index contributed by atoms with van der Waals surface area (Å²) in [4.78, 5) is 46.0. The molecule has 0 aliphatic heterocycles. The summed E-state index contributed by atoms with van der Waals surface area (Å²) in [7, 11) is 0. The summed E-state index contributed by atoms with van der Waals surface area (Å²) in [5, 5.41) is 57.0. The first-order valence-electron chi connectivity index (χ1n) is 13.0. The van der Waals surface area contributed by atoms with Crippen molar-refractivity contribution in [3.8, 4) is 0 Å². The second kappa shape index (κ2) is 11.3. The highest BCUT2D eigenvalue weighted by atomic mass is 16.6. The lowest BCUT2D eigenvalue weighted by molar-refractivity contribution is -0.397. The van der Waals surface area contributed by atoms with Gasteiger partial charge in [0.15, 0.2) is 0 Å². The van der Waals surface area contributed by atoms with Crippen LogP contribution < -0.4 is 0 Å². The summed E-state index contributed by atoms with van der Waals surface area (Å²) in [6, 6.07) is 0. The molecule has 0 spiro atoms. The van der Waals surface area contributed by atoms with Crippen molar-refractivity contribution in [2.45, 2.75) is 93.9 Å². The maximum Gasteiger partial charge on any atom is 0.283 e. The second-order valence-electron chi connectivity index (χ2n) is 12.3. The summed E-state index contributed by atoms with van der Waals surface area (Å²) in [5.41, 5.74) is -2.10. The Kier molecular flexibility index (Phi) is 9.07. The lowest BCUT2D eigenvalue weighted by Gasteiger charge is -2.23. The van der Waals surface area contributed by atoms with E-state index in [0.29, 0.717) is 0 Å². The zero-order chi connectivity index (χ0) is 32.8. The molecular weight excluding hydrogens is 548 g/mol. The Bertz CT molecular complexity index is 1410. The quantitative estimate of drug-likeness (QED) is 0.182. The minimum absolute atomic E-state index is 0.00598. The monoisotopic (exact) mass is 584 g/mol. The van der Waals surface area contributed by atoms with Crippen LogP contribution in [-0.2, 0) is 10.8 Å².